The zero-order valence-electron chi connectivity index (χ0n) is 15.7. The van der Waals surface area contributed by atoms with E-state index in [2.05, 4.69) is 0 Å². The lowest BCUT2D eigenvalue weighted by atomic mass is 9.75. The molecule has 1 aliphatic carbocycles. The lowest BCUT2D eigenvalue weighted by Crippen LogP contribution is -2.48. The fourth-order valence-electron chi connectivity index (χ4n) is 3.64. The molecule has 2 aliphatic rings. The third-order valence-corrected chi connectivity index (χ3v) is 8.23. The van der Waals surface area contributed by atoms with E-state index < -0.39 is 26.0 Å². The Morgan fingerprint density at radius 1 is 1.16 bits per heavy atom. The molecule has 0 spiro atoms. The summed E-state index contributed by atoms with van der Waals surface area (Å²) in [4.78, 5) is 12.4. The van der Waals surface area contributed by atoms with Crippen molar-refractivity contribution in [2.24, 2.45) is 5.41 Å². The maximum absolute atomic E-state index is 13.1. The zero-order chi connectivity index (χ0) is 18.6. The van der Waals surface area contributed by atoms with Crippen molar-refractivity contribution < 1.29 is 27.4 Å². The van der Waals surface area contributed by atoms with E-state index in [9.17, 15) is 13.2 Å². The number of carbonyl (C=O) groups is 1. The van der Waals surface area contributed by atoms with Crippen molar-refractivity contribution in [2.75, 3.05) is 26.1 Å². The quantitative estimate of drug-likeness (QED) is 0.636. The molecule has 1 saturated carbocycles. The molecule has 0 radical (unpaired) electrons. The number of hydrogen-bond acceptors (Lipinski definition) is 6. The van der Waals surface area contributed by atoms with Crippen LogP contribution in [0.1, 0.15) is 65.2 Å². The maximum atomic E-state index is 13.1. The summed E-state index contributed by atoms with van der Waals surface area (Å²) >= 11 is 0. The number of ether oxygens (including phenoxy) is 3. The van der Waals surface area contributed by atoms with E-state index in [4.69, 9.17) is 14.2 Å². The van der Waals surface area contributed by atoms with Crippen LogP contribution >= 0.6 is 0 Å². The molecule has 7 heteroatoms. The van der Waals surface area contributed by atoms with Crippen LogP contribution in [-0.4, -0.2) is 51.5 Å². The molecule has 0 bridgehead atoms. The van der Waals surface area contributed by atoms with Crippen molar-refractivity contribution in [1.82, 2.24) is 0 Å². The minimum absolute atomic E-state index is 0.0667. The molecule has 1 heterocycles. The second-order valence-corrected chi connectivity index (χ2v) is 10.6. The highest BCUT2D eigenvalue weighted by molar-refractivity contribution is 7.92. The topological polar surface area (TPSA) is 78.9 Å². The van der Waals surface area contributed by atoms with E-state index in [0.717, 1.165) is 38.5 Å². The van der Waals surface area contributed by atoms with Gasteiger partial charge in [-0.2, -0.15) is 0 Å². The van der Waals surface area contributed by atoms with Gasteiger partial charge in [-0.1, -0.05) is 19.3 Å². The van der Waals surface area contributed by atoms with Crippen molar-refractivity contribution in [3.05, 3.63) is 0 Å². The van der Waals surface area contributed by atoms with Crippen LogP contribution in [-0.2, 0) is 28.8 Å². The van der Waals surface area contributed by atoms with Crippen LogP contribution in [0.15, 0.2) is 0 Å². The molecular formula is C18H32O6S. The molecule has 2 rings (SSSR count). The molecule has 0 aromatic heterocycles. The second-order valence-electron chi connectivity index (χ2n) is 7.96. The Morgan fingerprint density at radius 3 is 2.40 bits per heavy atom. The summed E-state index contributed by atoms with van der Waals surface area (Å²) < 4.78 is 41.3. The zero-order valence-corrected chi connectivity index (χ0v) is 16.5. The number of esters is 1. The standard InChI is InChI=1S/C18H32O6S/c1-17(2,13-24-15-9-5-8-12-23-15)25(20,21)14-18(16(19)22-3)10-6-4-7-11-18/h15H,4-14H2,1-3H3. The molecule has 0 amide bonds. The number of carbonyl (C=O) groups excluding carboxylic acids is 1. The van der Waals surface area contributed by atoms with Gasteiger partial charge in [-0.05, 0) is 46.0 Å². The monoisotopic (exact) mass is 376 g/mol. The summed E-state index contributed by atoms with van der Waals surface area (Å²) in [6.07, 6.45) is 6.41. The lowest BCUT2D eigenvalue weighted by molar-refractivity contribution is -0.165. The maximum Gasteiger partial charge on any atom is 0.312 e. The molecule has 0 aromatic carbocycles. The Balaban J connectivity index is 2.07. The molecule has 1 saturated heterocycles. The SMILES string of the molecule is COC(=O)C1(CS(=O)(=O)C(C)(C)COC2CCCCO2)CCCCC1. The third kappa shape index (κ3) is 4.95. The van der Waals surface area contributed by atoms with Gasteiger partial charge in [0.15, 0.2) is 16.1 Å². The highest BCUT2D eigenvalue weighted by atomic mass is 32.2. The molecule has 1 unspecified atom stereocenters. The van der Waals surface area contributed by atoms with E-state index >= 15 is 0 Å². The van der Waals surface area contributed by atoms with Crippen molar-refractivity contribution in [1.29, 1.82) is 0 Å². The fourth-order valence-corrected chi connectivity index (χ4v) is 5.41. The molecule has 1 atom stereocenters. The van der Waals surface area contributed by atoms with E-state index in [1.165, 1.54) is 7.11 Å². The van der Waals surface area contributed by atoms with Crippen molar-refractivity contribution in [3.63, 3.8) is 0 Å². The van der Waals surface area contributed by atoms with Crippen LogP contribution < -0.4 is 0 Å². The first kappa shape index (κ1) is 20.6. The summed E-state index contributed by atoms with van der Waals surface area (Å²) in [5.74, 6) is -0.572. The van der Waals surface area contributed by atoms with Gasteiger partial charge in [0, 0.05) is 6.61 Å². The van der Waals surface area contributed by atoms with Gasteiger partial charge >= 0.3 is 5.97 Å². The van der Waals surface area contributed by atoms with Gasteiger partial charge in [-0.15, -0.1) is 0 Å². The molecule has 0 aromatic rings. The molecule has 2 fully saturated rings. The lowest BCUT2D eigenvalue weighted by Gasteiger charge is -2.37. The van der Waals surface area contributed by atoms with Crippen molar-refractivity contribution in [2.45, 2.75) is 76.3 Å². The van der Waals surface area contributed by atoms with E-state index in [0.29, 0.717) is 19.4 Å². The van der Waals surface area contributed by atoms with E-state index in [1.54, 1.807) is 13.8 Å². The largest absolute Gasteiger partial charge is 0.469 e. The molecule has 25 heavy (non-hydrogen) atoms. The average molecular weight is 377 g/mol. The predicted octanol–water partition coefficient (Wildman–Crippen LogP) is 2.85. The highest BCUT2D eigenvalue weighted by Crippen LogP contribution is 2.40. The van der Waals surface area contributed by atoms with Gasteiger partial charge in [-0.25, -0.2) is 8.42 Å². The first-order valence-electron chi connectivity index (χ1n) is 9.26. The Hall–Kier alpha value is -0.660. The van der Waals surface area contributed by atoms with Crippen LogP contribution in [0.25, 0.3) is 0 Å². The molecule has 1 aliphatic heterocycles. The van der Waals surface area contributed by atoms with Crippen LogP contribution in [0, 0.1) is 5.41 Å². The van der Waals surface area contributed by atoms with E-state index in [1.807, 2.05) is 0 Å². The number of rotatable bonds is 7. The Labute approximate surface area is 151 Å². The number of sulfone groups is 1. The smallest absolute Gasteiger partial charge is 0.312 e. The Kier molecular flexibility index (Phi) is 6.90. The first-order valence-corrected chi connectivity index (χ1v) is 10.9. The normalized spacial score (nSPS) is 24.7. The highest BCUT2D eigenvalue weighted by Gasteiger charge is 2.48. The van der Waals surface area contributed by atoms with Gasteiger partial charge in [0.1, 0.15) is 0 Å². The Bertz CT molecular complexity index is 542. The summed E-state index contributed by atoms with van der Waals surface area (Å²) in [7, 11) is -2.22. The number of hydrogen-bond donors (Lipinski definition) is 0. The first-order chi connectivity index (χ1) is 11.7. The van der Waals surface area contributed by atoms with Crippen molar-refractivity contribution in [3.8, 4) is 0 Å². The summed E-state index contributed by atoms with van der Waals surface area (Å²) in [6.45, 7) is 4.05. The Morgan fingerprint density at radius 2 is 1.84 bits per heavy atom. The predicted molar refractivity (Wildman–Crippen MR) is 94.9 cm³/mol. The minimum atomic E-state index is -3.56. The molecular weight excluding hydrogens is 344 g/mol. The van der Waals surface area contributed by atoms with Gasteiger partial charge in [0.05, 0.1) is 29.6 Å². The van der Waals surface area contributed by atoms with Crippen LogP contribution in [0.5, 0.6) is 0 Å². The van der Waals surface area contributed by atoms with Gasteiger partial charge in [0.25, 0.3) is 0 Å². The summed E-state index contributed by atoms with van der Waals surface area (Å²) in [5.41, 5.74) is -0.912. The molecule has 0 N–H and O–H groups in total. The summed E-state index contributed by atoms with van der Waals surface area (Å²) in [5, 5.41) is 0. The third-order valence-electron chi connectivity index (χ3n) is 5.49. The minimum Gasteiger partial charge on any atom is -0.469 e. The second kappa shape index (κ2) is 8.35. The summed E-state index contributed by atoms with van der Waals surface area (Å²) in [6, 6.07) is 0. The average Bonchev–Trinajstić information content (AvgIpc) is 2.60. The number of methoxy groups -OCH3 is 1. The van der Waals surface area contributed by atoms with Crippen LogP contribution in [0.2, 0.25) is 0 Å². The van der Waals surface area contributed by atoms with E-state index in [-0.39, 0.29) is 18.6 Å². The fraction of sp³-hybridized carbons (Fsp3) is 0.944. The van der Waals surface area contributed by atoms with Crippen LogP contribution in [0.4, 0.5) is 0 Å². The van der Waals surface area contributed by atoms with Crippen LogP contribution in [0.3, 0.4) is 0 Å². The molecule has 146 valence electrons. The van der Waals surface area contributed by atoms with Crippen molar-refractivity contribution >= 4 is 15.8 Å². The van der Waals surface area contributed by atoms with Gasteiger partial charge in [-0.3, -0.25) is 4.79 Å². The molecule has 6 nitrogen and oxygen atoms in total. The van der Waals surface area contributed by atoms with Gasteiger partial charge in [0.2, 0.25) is 0 Å². The van der Waals surface area contributed by atoms with Gasteiger partial charge < -0.3 is 14.2 Å².